The zero-order chi connectivity index (χ0) is 12.6. The molecule has 1 aliphatic rings. The molecule has 3 rings (SSSR count). The van der Waals surface area contributed by atoms with Crippen molar-refractivity contribution in [1.29, 1.82) is 5.41 Å². The average molecular weight is 260 g/mol. The third kappa shape index (κ3) is 2.18. The van der Waals surface area contributed by atoms with Gasteiger partial charge in [0.1, 0.15) is 5.82 Å². The van der Waals surface area contributed by atoms with Gasteiger partial charge in [0.25, 0.3) is 0 Å². The molecule has 0 aliphatic heterocycles. The first-order chi connectivity index (χ1) is 8.69. The van der Waals surface area contributed by atoms with Crippen molar-refractivity contribution in [3.05, 3.63) is 29.9 Å². The molecule has 3 N–H and O–H groups in total. The standard InChI is InChI=1S/C13H16N4S/c14-11(15)8-13(3-4-13)9-17-6-5-16-12(17)10-2-1-7-18-10/h1-2,5-7H,3-4,8-9H2,(H3,14,15). The number of aromatic nitrogens is 2. The van der Waals surface area contributed by atoms with E-state index < -0.39 is 0 Å². The third-order valence-electron chi connectivity index (χ3n) is 3.49. The summed E-state index contributed by atoms with van der Waals surface area (Å²) in [5, 5.41) is 9.53. The van der Waals surface area contributed by atoms with Gasteiger partial charge in [-0.3, -0.25) is 5.41 Å². The van der Waals surface area contributed by atoms with E-state index in [4.69, 9.17) is 11.1 Å². The highest BCUT2D eigenvalue weighted by Gasteiger charge is 2.43. The SMILES string of the molecule is N=C(N)CC1(Cn2ccnc2-c2cccs2)CC1. The van der Waals surface area contributed by atoms with Gasteiger partial charge in [-0.1, -0.05) is 6.07 Å². The highest BCUT2D eigenvalue weighted by atomic mass is 32.1. The molecule has 0 saturated heterocycles. The van der Waals surface area contributed by atoms with Crippen molar-refractivity contribution in [3.63, 3.8) is 0 Å². The van der Waals surface area contributed by atoms with Gasteiger partial charge in [0.2, 0.25) is 0 Å². The summed E-state index contributed by atoms with van der Waals surface area (Å²) in [5.74, 6) is 1.32. The Hall–Kier alpha value is -1.62. The lowest BCUT2D eigenvalue weighted by Gasteiger charge is -2.16. The largest absolute Gasteiger partial charge is 0.388 e. The van der Waals surface area contributed by atoms with E-state index in [-0.39, 0.29) is 5.41 Å². The molecule has 1 fully saturated rings. The minimum atomic E-state index is 0.207. The van der Waals surface area contributed by atoms with Crippen molar-refractivity contribution >= 4 is 17.2 Å². The van der Waals surface area contributed by atoms with Gasteiger partial charge in [-0.05, 0) is 29.7 Å². The Morgan fingerprint density at radius 1 is 1.56 bits per heavy atom. The first-order valence-corrected chi connectivity index (χ1v) is 6.94. The minimum absolute atomic E-state index is 0.207. The summed E-state index contributed by atoms with van der Waals surface area (Å²) < 4.78 is 2.20. The van der Waals surface area contributed by atoms with Crippen molar-refractivity contribution < 1.29 is 0 Å². The fraction of sp³-hybridized carbons (Fsp3) is 0.385. The van der Waals surface area contributed by atoms with Gasteiger partial charge in [0.15, 0.2) is 0 Å². The monoisotopic (exact) mass is 260 g/mol. The van der Waals surface area contributed by atoms with Gasteiger partial charge in [-0.15, -0.1) is 11.3 Å². The van der Waals surface area contributed by atoms with Crippen molar-refractivity contribution in [3.8, 4) is 10.7 Å². The number of nitrogens with zero attached hydrogens (tertiary/aromatic N) is 2. The molecule has 0 spiro atoms. The molecule has 1 saturated carbocycles. The molecule has 5 heteroatoms. The van der Waals surface area contributed by atoms with Crippen molar-refractivity contribution in [2.45, 2.75) is 25.8 Å². The molecule has 2 aromatic rings. The number of amidine groups is 1. The second-order valence-corrected chi connectivity index (χ2v) is 6.01. The Morgan fingerprint density at radius 2 is 2.39 bits per heavy atom. The Kier molecular flexibility index (Phi) is 2.70. The molecule has 0 bridgehead atoms. The zero-order valence-electron chi connectivity index (χ0n) is 10.1. The molecule has 94 valence electrons. The highest BCUT2D eigenvalue weighted by molar-refractivity contribution is 7.13. The Balaban J connectivity index is 1.82. The zero-order valence-corrected chi connectivity index (χ0v) is 10.9. The van der Waals surface area contributed by atoms with Crippen LogP contribution < -0.4 is 5.73 Å². The van der Waals surface area contributed by atoms with Crippen LogP contribution in [0.1, 0.15) is 19.3 Å². The van der Waals surface area contributed by atoms with Gasteiger partial charge >= 0.3 is 0 Å². The summed E-state index contributed by atoms with van der Waals surface area (Å²) in [6.07, 6.45) is 6.90. The van der Waals surface area contributed by atoms with Crippen LogP contribution in [0.2, 0.25) is 0 Å². The molecular formula is C13H16N4S. The van der Waals surface area contributed by atoms with Crippen LogP contribution in [0.5, 0.6) is 0 Å². The number of nitrogens with two attached hydrogens (primary N) is 1. The Morgan fingerprint density at radius 3 is 3.00 bits per heavy atom. The maximum absolute atomic E-state index is 7.47. The number of hydrogen-bond acceptors (Lipinski definition) is 3. The maximum atomic E-state index is 7.47. The van der Waals surface area contributed by atoms with E-state index in [2.05, 4.69) is 21.0 Å². The summed E-state index contributed by atoms with van der Waals surface area (Å²) in [5.41, 5.74) is 5.75. The van der Waals surface area contributed by atoms with E-state index in [1.165, 1.54) is 4.88 Å². The van der Waals surface area contributed by atoms with Crippen molar-refractivity contribution in [2.75, 3.05) is 0 Å². The summed E-state index contributed by atoms with van der Waals surface area (Å²) in [6, 6.07) is 4.13. The summed E-state index contributed by atoms with van der Waals surface area (Å²) in [4.78, 5) is 5.63. The molecule has 2 aromatic heterocycles. The molecule has 0 unspecified atom stereocenters. The number of thiophene rings is 1. The predicted octanol–water partition coefficient (Wildman–Crippen LogP) is 2.72. The maximum Gasteiger partial charge on any atom is 0.150 e. The van der Waals surface area contributed by atoms with E-state index in [0.717, 1.165) is 25.2 Å². The Bertz CT molecular complexity index is 551. The third-order valence-corrected chi connectivity index (χ3v) is 4.35. The van der Waals surface area contributed by atoms with Crippen LogP contribution in [0.25, 0.3) is 10.7 Å². The second-order valence-electron chi connectivity index (χ2n) is 5.06. The molecule has 0 aromatic carbocycles. The van der Waals surface area contributed by atoms with Crippen molar-refractivity contribution in [1.82, 2.24) is 9.55 Å². The molecule has 0 amide bonds. The van der Waals surface area contributed by atoms with Crippen LogP contribution in [-0.4, -0.2) is 15.4 Å². The number of imidazole rings is 1. The van der Waals surface area contributed by atoms with Crippen LogP contribution in [0, 0.1) is 10.8 Å². The van der Waals surface area contributed by atoms with E-state index >= 15 is 0 Å². The number of nitrogens with one attached hydrogen (secondary N) is 1. The first-order valence-electron chi connectivity index (χ1n) is 6.06. The fourth-order valence-corrected chi connectivity index (χ4v) is 3.14. The van der Waals surface area contributed by atoms with E-state index in [1.807, 2.05) is 18.5 Å². The lowest BCUT2D eigenvalue weighted by molar-refractivity contribution is 0.439. The number of rotatable bonds is 5. The van der Waals surface area contributed by atoms with E-state index in [9.17, 15) is 0 Å². The van der Waals surface area contributed by atoms with Gasteiger partial charge in [0, 0.05) is 25.4 Å². The lowest BCUT2D eigenvalue weighted by Crippen LogP contribution is -2.20. The smallest absolute Gasteiger partial charge is 0.150 e. The van der Waals surface area contributed by atoms with Gasteiger partial charge < -0.3 is 10.3 Å². The number of hydrogen-bond donors (Lipinski definition) is 2. The average Bonchev–Trinajstić information content (AvgIpc) is 2.78. The molecule has 1 aliphatic carbocycles. The minimum Gasteiger partial charge on any atom is -0.388 e. The highest BCUT2D eigenvalue weighted by Crippen LogP contribution is 2.50. The molecule has 18 heavy (non-hydrogen) atoms. The van der Waals surface area contributed by atoms with E-state index in [0.29, 0.717) is 12.3 Å². The van der Waals surface area contributed by atoms with Crippen LogP contribution in [0.4, 0.5) is 0 Å². The first kappa shape index (κ1) is 11.5. The van der Waals surface area contributed by atoms with Crippen molar-refractivity contribution in [2.24, 2.45) is 11.1 Å². The second kappa shape index (κ2) is 4.24. The van der Waals surface area contributed by atoms with Crippen LogP contribution in [-0.2, 0) is 6.54 Å². The molecule has 0 radical (unpaired) electrons. The lowest BCUT2D eigenvalue weighted by atomic mass is 10.0. The molecule has 4 nitrogen and oxygen atoms in total. The Labute approximate surface area is 110 Å². The molecule has 2 heterocycles. The summed E-state index contributed by atoms with van der Waals surface area (Å²) in [7, 11) is 0. The molecular weight excluding hydrogens is 244 g/mol. The quantitative estimate of drug-likeness (QED) is 0.641. The fourth-order valence-electron chi connectivity index (χ4n) is 2.40. The molecule has 0 atom stereocenters. The summed E-state index contributed by atoms with van der Waals surface area (Å²) >= 11 is 1.70. The normalized spacial score (nSPS) is 16.7. The topological polar surface area (TPSA) is 67.7 Å². The van der Waals surface area contributed by atoms with Gasteiger partial charge in [-0.2, -0.15) is 0 Å². The predicted molar refractivity (Wildman–Crippen MR) is 73.7 cm³/mol. The van der Waals surface area contributed by atoms with Crippen LogP contribution >= 0.6 is 11.3 Å². The summed E-state index contributed by atoms with van der Waals surface area (Å²) in [6.45, 7) is 0.916. The van der Waals surface area contributed by atoms with Crippen LogP contribution in [0.3, 0.4) is 0 Å². The van der Waals surface area contributed by atoms with Gasteiger partial charge in [0.05, 0.1) is 10.7 Å². The van der Waals surface area contributed by atoms with Crippen LogP contribution in [0.15, 0.2) is 29.9 Å². The van der Waals surface area contributed by atoms with E-state index in [1.54, 1.807) is 11.3 Å². The van der Waals surface area contributed by atoms with Gasteiger partial charge in [-0.25, -0.2) is 4.98 Å².